The van der Waals surface area contributed by atoms with Crippen LogP contribution >= 0.6 is 23.5 Å². The number of hydrogen-bond donors (Lipinski definition) is 9. The highest BCUT2D eigenvalue weighted by Crippen LogP contribution is 2.66. The normalized spacial score (nSPS) is 22.6. The maximum atomic E-state index is 13.4. The minimum absolute atomic E-state index is 0.0306. The molecule has 0 bridgehead atoms. The van der Waals surface area contributed by atoms with E-state index >= 15 is 0 Å². The summed E-state index contributed by atoms with van der Waals surface area (Å²) in [6, 6.07) is 8.33. The minimum atomic E-state index is -5.84. The second-order valence-corrected chi connectivity index (χ2v) is 30.0. The number of likely N-dealkylation sites (N-methyl/N-ethyl adjacent to an activating group) is 1. The number of aromatic amines is 1. The first kappa shape index (κ1) is 67.9. The van der Waals surface area contributed by atoms with Crippen molar-refractivity contribution < 1.29 is 96.3 Å². The summed E-state index contributed by atoms with van der Waals surface area (Å²) in [7, 11) is -26.2. The van der Waals surface area contributed by atoms with E-state index in [-0.39, 0.29) is 61.7 Å². The number of rotatable bonds is 24. The minimum Gasteiger partial charge on any atom is -0.460 e. The molecule has 27 nitrogen and oxygen atoms in total. The maximum absolute atomic E-state index is 13.4. The van der Waals surface area contributed by atoms with E-state index in [4.69, 9.17) is 19.3 Å². The van der Waals surface area contributed by atoms with Gasteiger partial charge in [0.05, 0.1) is 39.9 Å². The van der Waals surface area contributed by atoms with Gasteiger partial charge in [0.2, 0.25) is 11.6 Å². The molecule has 1 fully saturated rings. The smallest absolute Gasteiger partial charge is 0.460 e. The molecule has 0 radical (unpaired) electrons. The van der Waals surface area contributed by atoms with Crippen LogP contribution in [0.4, 0.5) is 11.4 Å². The van der Waals surface area contributed by atoms with Gasteiger partial charge in [-0.2, -0.15) is 30.0 Å². The molecule has 1 saturated heterocycles. The number of hydrogen-bond acceptors (Lipinski definition) is 17. The van der Waals surface area contributed by atoms with E-state index in [9.17, 15) is 68.9 Å². The maximum Gasteiger partial charge on any atom is 0.490 e. The van der Waals surface area contributed by atoms with Crippen molar-refractivity contribution in [2.75, 3.05) is 36.9 Å². The molecule has 3 aromatic rings. The van der Waals surface area contributed by atoms with Crippen molar-refractivity contribution in [3.63, 3.8) is 0 Å². The van der Waals surface area contributed by atoms with Gasteiger partial charge >= 0.3 is 29.2 Å². The van der Waals surface area contributed by atoms with E-state index in [2.05, 4.69) is 95.0 Å². The molecule has 0 aliphatic carbocycles. The molecule has 5 heterocycles. The quantitative estimate of drug-likeness (QED) is 0.0189. The van der Waals surface area contributed by atoms with Crippen molar-refractivity contribution in [3.8, 4) is 5.75 Å². The lowest BCUT2D eigenvalue weighted by molar-refractivity contribution is -0.437. The van der Waals surface area contributed by atoms with Crippen molar-refractivity contribution in [1.29, 1.82) is 0 Å². The number of aliphatic hydroxyl groups is 1. The molecule has 4 aliphatic heterocycles. The van der Waals surface area contributed by atoms with Gasteiger partial charge in [0.25, 0.3) is 25.8 Å². The molecule has 86 heavy (non-hydrogen) atoms. The van der Waals surface area contributed by atoms with E-state index in [1.165, 1.54) is 30.4 Å². The monoisotopic (exact) mass is 1300 g/mol. The van der Waals surface area contributed by atoms with E-state index in [1.54, 1.807) is 6.08 Å². The molecular weight excluding hydrogens is 1230 g/mol. The second kappa shape index (κ2) is 25.9. The third-order valence-corrected chi connectivity index (χ3v) is 20.1. The van der Waals surface area contributed by atoms with Crippen LogP contribution in [0.2, 0.25) is 0 Å². The van der Waals surface area contributed by atoms with E-state index in [0.717, 1.165) is 56.8 Å². The van der Waals surface area contributed by atoms with Crippen LogP contribution in [0.5, 0.6) is 5.75 Å². The Hall–Kier alpha value is -5.55. The first-order valence-corrected chi connectivity index (χ1v) is 34.5. The SMILES string of the molecule is CCN1c2cc3c(cc2C(C)=CC1(C)C)C(=CC=CC=CC1=[N+](CCCS(=O)(=O)O)c2ccc(S(=O)(=O)O)cc2C1(C)CCCC(=O)NC/C=C/c1cn([C@H]2C[C@H](O)[C@@H](COP(=O)(O)OP(=O)(O)OP(=O)(O)O)O2)c(=O)[nH]c1=O)C=C(C(C)(C)C)O3. The Bertz CT molecular complexity index is 3910. The number of benzene rings is 2. The standard InChI is InChI=1S/C54H70N5O22P3S2/c1-9-59-42-29-44-39(28-38(42)34(2)31-53(59,6)7)35(26-47(78-44)52(3,4)5)16-11-10-12-18-46-54(8,40-27-37(86(74,75)76)20-21-41(40)57(46)24-15-25-85(71,72)73)22-13-19-48(61)55-23-14-17-36-32-58(51(63)56-50(36)62)49-30-43(60)45(79-49)33-77-83(67,68)81-84(69,70)80-82(64,65)66/h10-12,14,16-18,20-21,26-29,31-32,43,45,49,60H,9,13,15,19,22-25,30,33H2,1-8H3,(H7-,55,56,61,62,63,64,65,66,67,68,69,70,71,72,73,74,75,76)/p+1/b17-14+/t43-,45+,49+,54?/m0/s1. The molecule has 0 saturated carbocycles. The van der Waals surface area contributed by atoms with Gasteiger partial charge in [-0.25, -0.2) is 18.5 Å². The molecule has 9 N–H and O–H groups in total. The molecule has 1 amide bonds. The van der Waals surface area contributed by atoms with Gasteiger partial charge in [-0.15, -0.1) is 0 Å². The number of allylic oxidation sites excluding steroid dienone is 9. The topological polar surface area (TPSA) is 397 Å². The third-order valence-electron chi connectivity index (χ3n) is 14.6. The van der Waals surface area contributed by atoms with Crippen molar-refractivity contribution >= 4 is 83.9 Å². The molecular formula is C54H71N5O22P3S2+. The highest BCUT2D eigenvalue weighted by Gasteiger charge is 2.48. The zero-order valence-corrected chi connectivity index (χ0v) is 52.5. The van der Waals surface area contributed by atoms with Crippen LogP contribution < -0.4 is 26.2 Å². The van der Waals surface area contributed by atoms with Gasteiger partial charge in [0.15, 0.2) is 5.71 Å². The van der Waals surface area contributed by atoms with Gasteiger partial charge in [0.1, 0.15) is 30.4 Å². The van der Waals surface area contributed by atoms with Crippen molar-refractivity contribution in [2.24, 2.45) is 5.41 Å². The highest BCUT2D eigenvalue weighted by atomic mass is 32.2. The van der Waals surface area contributed by atoms with Crippen LogP contribution in [0.25, 0.3) is 17.2 Å². The molecule has 3 unspecified atom stereocenters. The summed E-state index contributed by atoms with van der Waals surface area (Å²) in [4.78, 5) is 79.8. The molecule has 4 aliphatic rings. The summed E-state index contributed by atoms with van der Waals surface area (Å²) in [6.45, 7) is 16.3. The molecule has 470 valence electrons. The zero-order valence-electron chi connectivity index (χ0n) is 48.2. The first-order valence-electron chi connectivity index (χ1n) is 26.9. The van der Waals surface area contributed by atoms with E-state index < -0.39 is 102 Å². The number of carbonyl (C=O) groups excluding carboxylic acids is 1. The Kier molecular flexibility index (Phi) is 20.4. The number of aliphatic hydroxyl groups excluding tert-OH is 1. The number of phosphoric ester groups is 1. The Morgan fingerprint density at radius 2 is 1.66 bits per heavy atom. The van der Waals surface area contributed by atoms with E-state index in [1.807, 2.05) is 41.9 Å². The van der Waals surface area contributed by atoms with Crippen molar-refractivity contribution in [2.45, 2.75) is 122 Å². The Morgan fingerprint density at radius 3 is 2.31 bits per heavy atom. The molecule has 1 aromatic heterocycles. The Labute approximate surface area is 496 Å². The molecule has 7 rings (SSSR count). The number of nitrogens with zero attached hydrogens (tertiary/aromatic N) is 3. The summed E-state index contributed by atoms with van der Waals surface area (Å²) in [5.41, 5.74) is 3.12. The number of ether oxygens (including phenoxy) is 2. The number of H-pyrrole nitrogens is 1. The van der Waals surface area contributed by atoms with Crippen LogP contribution in [-0.2, 0) is 62.0 Å². The number of aromatic nitrogens is 2. The molecule has 0 spiro atoms. The second-order valence-electron chi connectivity index (χ2n) is 22.6. The van der Waals surface area contributed by atoms with Crippen LogP contribution in [0, 0.1) is 5.41 Å². The summed E-state index contributed by atoms with van der Waals surface area (Å²) >= 11 is 0. The van der Waals surface area contributed by atoms with Crippen LogP contribution in [0.1, 0.15) is 116 Å². The fourth-order valence-electron chi connectivity index (χ4n) is 10.7. The van der Waals surface area contributed by atoms with Gasteiger partial charge in [0, 0.05) is 84.6 Å². The third kappa shape index (κ3) is 16.8. The number of fused-ring (bicyclic) bond motifs is 3. The first-order chi connectivity index (χ1) is 39.7. The Balaban J connectivity index is 1.08. The lowest BCUT2D eigenvalue weighted by Crippen LogP contribution is -2.45. The highest BCUT2D eigenvalue weighted by molar-refractivity contribution is 7.86. The predicted molar refractivity (Wildman–Crippen MR) is 318 cm³/mol. The number of carbonyl (C=O) groups is 1. The summed E-state index contributed by atoms with van der Waals surface area (Å²) in [5, 5.41) is 13.3. The average Bonchev–Trinajstić information content (AvgIpc) is 1.80. The lowest BCUT2D eigenvalue weighted by atomic mass is 9.75. The zero-order chi connectivity index (χ0) is 63.8. The van der Waals surface area contributed by atoms with Crippen molar-refractivity contribution in [3.05, 3.63) is 134 Å². The van der Waals surface area contributed by atoms with Crippen LogP contribution in [0.3, 0.4) is 0 Å². The number of anilines is 1. The predicted octanol–water partition coefficient (Wildman–Crippen LogP) is 6.95. The number of nitrogens with one attached hydrogen (secondary N) is 2. The van der Waals surface area contributed by atoms with Crippen molar-refractivity contribution in [1.82, 2.24) is 14.9 Å². The fourth-order valence-corrected chi connectivity index (χ4v) is 14.8. The lowest BCUT2D eigenvalue weighted by Gasteiger charge is -2.43. The summed E-state index contributed by atoms with van der Waals surface area (Å²) in [5.74, 6) is 0.486. The molecule has 2 aromatic carbocycles. The molecule has 32 heteroatoms. The largest absolute Gasteiger partial charge is 0.490 e. The average molecular weight is 1300 g/mol. The number of amides is 1. The van der Waals surface area contributed by atoms with Crippen LogP contribution in [-0.4, -0.2) is 126 Å². The van der Waals surface area contributed by atoms with Crippen LogP contribution in [0.15, 0.2) is 105 Å². The molecule has 6 atom stereocenters. The van der Waals surface area contributed by atoms with E-state index in [0.29, 0.717) is 17.0 Å². The summed E-state index contributed by atoms with van der Waals surface area (Å²) < 4.78 is 130. The fraction of sp³-hybridized carbons (Fsp3) is 0.444. The van der Waals surface area contributed by atoms with Gasteiger partial charge in [-0.1, -0.05) is 63.3 Å². The summed E-state index contributed by atoms with van der Waals surface area (Å²) in [6.07, 6.45) is 13.0. The van der Waals surface area contributed by atoms with Gasteiger partial charge < -0.3 is 44.4 Å². The Morgan fingerprint density at radius 1 is 0.953 bits per heavy atom. The van der Waals surface area contributed by atoms with Gasteiger partial charge in [-0.3, -0.25) is 32.8 Å². The number of phosphoric acid groups is 3. The van der Waals surface area contributed by atoms with Gasteiger partial charge in [-0.05, 0) is 82.9 Å².